The van der Waals surface area contributed by atoms with Gasteiger partial charge in [-0.3, -0.25) is 9.78 Å². The smallest absolute Gasteiger partial charge is 0.258 e. The largest absolute Gasteiger partial charge is 0.495 e. The van der Waals surface area contributed by atoms with Crippen molar-refractivity contribution in [2.75, 3.05) is 12.4 Å². The van der Waals surface area contributed by atoms with Gasteiger partial charge in [0, 0.05) is 17.8 Å². The molecule has 0 aliphatic heterocycles. The summed E-state index contributed by atoms with van der Waals surface area (Å²) in [5, 5.41) is 2.68. The molecule has 0 radical (unpaired) electrons. The number of oxazole rings is 1. The number of ether oxygens (including phenoxy) is 1. The summed E-state index contributed by atoms with van der Waals surface area (Å²) in [5.41, 5.74) is 2.19. The van der Waals surface area contributed by atoms with Gasteiger partial charge in [-0.15, -0.1) is 0 Å². The normalized spacial score (nSPS) is 10.7. The Kier molecular flexibility index (Phi) is 4.25. The number of hydrogen-bond donors (Lipinski definition) is 1. The van der Waals surface area contributed by atoms with E-state index in [0.29, 0.717) is 34.0 Å². The first-order valence-corrected chi connectivity index (χ1v) is 8.10. The van der Waals surface area contributed by atoms with Crippen molar-refractivity contribution in [3.63, 3.8) is 0 Å². The summed E-state index contributed by atoms with van der Waals surface area (Å²) in [7, 11) is 1.48. The highest BCUT2D eigenvalue weighted by Crippen LogP contribution is 2.32. The third-order valence-electron chi connectivity index (χ3n) is 4.00. The Bertz CT molecular complexity index is 1110. The van der Waals surface area contributed by atoms with Gasteiger partial charge in [0.1, 0.15) is 17.1 Å². The van der Waals surface area contributed by atoms with E-state index in [4.69, 9.17) is 9.15 Å². The number of fused-ring (bicyclic) bond motifs is 1. The van der Waals surface area contributed by atoms with Gasteiger partial charge in [0.15, 0.2) is 5.58 Å². The molecule has 0 atom stereocenters. The second-order valence-corrected chi connectivity index (χ2v) is 5.71. The number of carbonyl (C=O) groups is 1. The number of pyridine rings is 1. The van der Waals surface area contributed by atoms with Gasteiger partial charge in [0.05, 0.1) is 24.6 Å². The predicted octanol–water partition coefficient (Wildman–Crippen LogP) is 4.29. The zero-order valence-corrected chi connectivity index (χ0v) is 14.3. The fourth-order valence-corrected chi connectivity index (χ4v) is 2.68. The second-order valence-electron chi connectivity index (χ2n) is 5.71. The number of amides is 1. The Balaban J connectivity index is 1.70. The molecular formula is C20H14FN3O3. The van der Waals surface area contributed by atoms with Crippen molar-refractivity contribution in [1.29, 1.82) is 0 Å². The maximum absolute atomic E-state index is 13.9. The molecule has 1 amide bonds. The van der Waals surface area contributed by atoms with Crippen LogP contribution < -0.4 is 10.1 Å². The first-order valence-electron chi connectivity index (χ1n) is 8.10. The maximum atomic E-state index is 13.9. The highest BCUT2D eigenvalue weighted by molar-refractivity contribution is 6.05. The van der Waals surface area contributed by atoms with Crippen LogP contribution in [0, 0.1) is 5.82 Å². The molecule has 0 unspecified atom stereocenters. The van der Waals surface area contributed by atoms with Crippen LogP contribution in [0.3, 0.4) is 0 Å². The number of nitrogens with zero attached hydrogens (tertiary/aromatic N) is 2. The van der Waals surface area contributed by atoms with Crippen LogP contribution >= 0.6 is 0 Å². The van der Waals surface area contributed by atoms with Crippen LogP contribution in [0.4, 0.5) is 10.1 Å². The number of rotatable bonds is 4. The van der Waals surface area contributed by atoms with E-state index < -0.39 is 11.7 Å². The minimum atomic E-state index is -0.600. The predicted molar refractivity (Wildman–Crippen MR) is 98.1 cm³/mol. The number of benzene rings is 2. The van der Waals surface area contributed by atoms with Crippen molar-refractivity contribution < 1.29 is 18.3 Å². The molecule has 7 heteroatoms. The van der Waals surface area contributed by atoms with Gasteiger partial charge < -0.3 is 14.5 Å². The molecular weight excluding hydrogens is 349 g/mol. The first kappa shape index (κ1) is 16.7. The molecule has 27 heavy (non-hydrogen) atoms. The Labute approximate surface area is 153 Å². The lowest BCUT2D eigenvalue weighted by atomic mass is 10.1. The molecule has 0 aliphatic carbocycles. The van der Waals surface area contributed by atoms with E-state index in [1.165, 1.54) is 25.3 Å². The number of aromatic nitrogens is 2. The zero-order valence-electron chi connectivity index (χ0n) is 14.3. The number of anilines is 1. The van der Waals surface area contributed by atoms with Crippen LogP contribution in [0.25, 0.3) is 22.6 Å². The summed E-state index contributed by atoms with van der Waals surface area (Å²) in [6, 6.07) is 12.6. The molecule has 4 aromatic rings. The molecule has 134 valence electrons. The highest BCUT2D eigenvalue weighted by Gasteiger charge is 2.16. The summed E-state index contributed by atoms with van der Waals surface area (Å²) in [6.45, 7) is 0. The van der Waals surface area contributed by atoms with Gasteiger partial charge in [0.2, 0.25) is 5.89 Å². The van der Waals surface area contributed by atoms with Crippen LogP contribution in [-0.2, 0) is 0 Å². The number of nitrogens with one attached hydrogen (secondary N) is 1. The summed E-state index contributed by atoms with van der Waals surface area (Å²) in [6.07, 6.45) is 3.22. The third-order valence-corrected chi connectivity index (χ3v) is 4.00. The van der Waals surface area contributed by atoms with Crippen LogP contribution in [-0.4, -0.2) is 23.0 Å². The minimum Gasteiger partial charge on any atom is -0.495 e. The molecule has 4 rings (SSSR count). The number of carbonyl (C=O) groups excluding carboxylic acids is 1. The molecule has 2 heterocycles. The van der Waals surface area contributed by atoms with E-state index in [9.17, 15) is 9.18 Å². The molecule has 0 bridgehead atoms. The van der Waals surface area contributed by atoms with Gasteiger partial charge >= 0.3 is 0 Å². The van der Waals surface area contributed by atoms with E-state index in [1.54, 1.807) is 42.7 Å². The summed E-state index contributed by atoms with van der Waals surface area (Å²) >= 11 is 0. The molecule has 0 aliphatic rings. The second kappa shape index (κ2) is 6.87. The van der Waals surface area contributed by atoms with Crippen molar-refractivity contribution in [3.8, 4) is 17.2 Å². The van der Waals surface area contributed by atoms with E-state index in [1.807, 2.05) is 0 Å². The van der Waals surface area contributed by atoms with Crippen molar-refractivity contribution >= 4 is 22.7 Å². The number of halogens is 1. The standard InChI is InChI=1S/C20H14FN3O3/c1-26-17-7-6-12(20-24-16-11-22-9-8-18(16)27-20)10-15(17)23-19(25)13-4-2-3-5-14(13)21/h2-11H,1H3,(H,23,25). The fourth-order valence-electron chi connectivity index (χ4n) is 2.68. The van der Waals surface area contributed by atoms with Crippen LogP contribution in [0.2, 0.25) is 0 Å². The van der Waals surface area contributed by atoms with Crippen molar-refractivity contribution in [3.05, 3.63) is 72.3 Å². The topological polar surface area (TPSA) is 77.2 Å². The van der Waals surface area contributed by atoms with E-state index in [2.05, 4.69) is 15.3 Å². The van der Waals surface area contributed by atoms with Crippen LogP contribution in [0.5, 0.6) is 5.75 Å². The number of methoxy groups -OCH3 is 1. The molecule has 6 nitrogen and oxygen atoms in total. The lowest BCUT2D eigenvalue weighted by Gasteiger charge is -2.11. The van der Waals surface area contributed by atoms with Gasteiger partial charge in [-0.1, -0.05) is 12.1 Å². The molecule has 0 spiro atoms. The molecule has 1 N–H and O–H groups in total. The van der Waals surface area contributed by atoms with E-state index in [0.717, 1.165) is 0 Å². The number of hydrogen-bond acceptors (Lipinski definition) is 5. The quantitative estimate of drug-likeness (QED) is 0.585. The highest BCUT2D eigenvalue weighted by atomic mass is 19.1. The minimum absolute atomic E-state index is 0.0575. The molecule has 2 aromatic carbocycles. The SMILES string of the molecule is COc1ccc(-c2nc3cnccc3o2)cc1NC(=O)c1ccccc1F. The maximum Gasteiger partial charge on any atom is 0.258 e. The van der Waals surface area contributed by atoms with E-state index in [-0.39, 0.29) is 5.56 Å². The van der Waals surface area contributed by atoms with Crippen molar-refractivity contribution in [2.45, 2.75) is 0 Å². The summed E-state index contributed by atoms with van der Waals surface area (Å²) in [4.78, 5) is 20.8. The fraction of sp³-hybridized carbons (Fsp3) is 0.0500. The van der Waals surface area contributed by atoms with Crippen LogP contribution in [0.15, 0.2) is 65.3 Å². The average molecular weight is 363 g/mol. The molecule has 2 aromatic heterocycles. The van der Waals surface area contributed by atoms with E-state index >= 15 is 0 Å². The molecule has 0 fully saturated rings. The molecule has 0 saturated heterocycles. The summed E-state index contributed by atoms with van der Waals surface area (Å²) in [5.74, 6) is -0.370. The van der Waals surface area contributed by atoms with Gasteiger partial charge in [-0.25, -0.2) is 9.37 Å². The van der Waals surface area contributed by atoms with Crippen molar-refractivity contribution in [1.82, 2.24) is 9.97 Å². The van der Waals surface area contributed by atoms with Crippen molar-refractivity contribution in [2.24, 2.45) is 0 Å². The third kappa shape index (κ3) is 3.22. The Morgan fingerprint density at radius 2 is 2.04 bits per heavy atom. The Morgan fingerprint density at radius 3 is 2.81 bits per heavy atom. The monoisotopic (exact) mass is 363 g/mol. The van der Waals surface area contributed by atoms with Gasteiger partial charge in [-0.05, 0) is 30.3 Å². The first-order chi connectivity index (χ1) is 13.2. The van der Waals surface area contributed by atoms with Gasteiger partial charge in [0.25, 0.3) is 5.91 Å². The summed E-state index contributed by atoms with van der Waals surface area (Å²) < 4.78 is 24.9. The van der Waals surface area contributed by atoms with Crippen LogP contribution in [0.1, 0.15) is 10.4 Å². The Morgan fingerprint density at radius 1 is 1.19 bits per heavy atom. The average Bonchev–Trinajstić information content (AvgIpc) is 3.12. The lowest BCUT2D eigenvalue weighted by molar-refractivity contribution is 0.102. The Hall–Kier alpha value is -3.74. The zero-order chi connectivity index (χ0) is 18.8. The lowest BCUT2D eigenvalue weighted by Crippen LogP contribution is -2.14. The molecule has 0 saturated carbocycles. The van der Waals surface area contributed by atoms with Gasteiger partial charge in [-0.2, -0.15) is 0 Å².